The van der Waals surface area contributed by atoms with Crippen LogP contribution in [0.4, 0.5) is 24.8 Å². The number of hydrogen-bond donors (Lipinski definition) is 5. The van der Waals surface area contributed by atoms with Gasteiger partial charge < -0.3 is 39.6 Å². The van der Waals surface area contributed by atoms with Crippen molar-refractivity contribution in [2.75, 3.05) is 70.1 Å². The van der Waals surface area contributed by atoms with Gasteiger partial charge in [0.15, 0.2) is 11.2 Å². The predicted molar refractivity (Wildman–Crippen MR) is 257 cm³/mol. The van der Waals surface area contributed by atoms with Gasteiger partial charge in [0.05, 0.1) is 63.8 Å². The lowest BCUT2D eigenvalue weighted by Crippen LogP contribution is -2.42. The fourth-order valence-electron chi connectivity index (χ4n) is 7.48. The molecular weight excluding hydrogens is 982 g/mol. The summed E-state index contributed by atoms with van der Waals surface area (Å²) in [6, 6.07) is 3.18. The number of alkyl halides is 3. The van der Waals surface area contributed by atoms with Gasteiger partial charge in [-0.3, -0.25) is 48.6 Å². The lowest BCUT2D eigenvalue weighted by Gasteiger charge is -2.24. The number of aliphatic hydroxyl groups excluding tert-OH is 1. The summed E-state index contributed by atoms with van der Waals surface area (Å²) in [4.78, 5) is 105. The van der Waals surface area contributed by atoms with Crippen molar-refractivity contribution in [1.82, 2.24) is 50.5 Å². The van der Waals surface area contributed by atoms with Crippen molar-refractivity contribution >= 4 is 58.3 Å². The predicted octanol–water partition coefficient (Wildman–Crippen LogP) is 2.00. The maximum atomic E-state index is 13.8. The van der Waals surface area contributed by atoms with Crippen LogP contribution in [0.5, 0.6) is 0 Å². The van der Waals surface area contributed by atoms with Crippen LogP contribution in [-0.2, 0) is 62.4 Å². The lowest BCUT2D eigenvalue weighted by atomic mass is 10.1. The van der Waals surface area contributed by atoms with Crippen LogP contribution in [0.3, 0.4) is 0 Å². The van der Waals surface area contributed by atoms with Gasteiger partial charge in [-0.15, -0.1) is 5.10 Å². The Bertz CT molecular complexity index is 2580. The number of H-pyrrole nitrogens is 1. The molecule has 404 valence electrons. The SMILES string of the molecule is COC(=O)[C@H](CCC(=O)NCCCOCCOCCOCCCn1cc(CCCC(=O)N2C[C@H](O)C[C@H]2C)nn1)NC(=O)c1ccc(N(Cc2cnc3nc(NC(=O)C(C)C)[nH]c(=O)c3n2)C(=O)C(F)(F)F)cc1. The van der Waals surface area contributed by atoms with Gasteiger partial charge in [0.25, 0.3) is 11.5 Å². The number of benzene rings is 1. The fourth-order valence-corrected chi connectivity index (χ4v) is 7.48. The minimum atomic E-state index is -5.34. The second kappa shape index (κ2) is 28.5. The standard InChI is InChI=1S/C47H63F3N12O12/c1-29(2)41(66)56-46-55-40-39(43(68)57-46)53-33(25-52-40)27-62(45(70)47(48,49)50)34-12-10-31(11-13-34)42(67)54-36(44(69)71-4)14-15-37(64)51-16-6-18-72-20-22-74-23-21-73-19-7-17-60-26-32(58-59-60)8-5-9-38(65)61-28-35(63)24-30(61)3/h10-13,25-26,29-30,35-36,63H,5-9,14-24,27-28H2,1-4H3,(H,51,64)(H,54,67)(H2,52,55,56,57,66,68)/t30-,35-,36+/m1/s1. The van der Waals surface area contributed by atoms with Gasteiger partial charge in [-0.1, -0.05) is 19.1 Å². The number of β-amino-alcohol motifs (C(OH)–C–C–N with tert-alkyl or cyclic N) is 1. The summed E-state index contributed by atoms with van der Waals surface area (Å²) in [5.41, 5.74) is -1.24. The number of fused-ring (bicyclic) bond motifs is 1. The minimum absolute atomic E-state index is 0.0514. The topological polar surface area (TPSA) is 304 Å². The Kier molecular flexibility index (Phi) is 22.3. The monoisotopic (exact) mass is 1040 g/mol. The number of aryl methyl sites for hydroxylation is 2. The summed E-state index contributed by atoms with van der Waals surface area (Å²) in [5, 5.41) is 25.7. The molecule has 1 aromatic carbocycles. The Balaban J connectivity index is 0.943. The molecule has 74 heavy (non-hydrogen) atoms. The third kappa shape index (κ3) is 18.2. The molecule has 5 N–H and O–H groups in total. The van der Waals surface area contributed by atoms with E-state index in [-0.39, 0.29) is 65.4 Å². The van der Waals surface area contributed by atoms with Gasteiger partial charge in [-0.25, -0.2) is 14.8 Å². The Labute approximate surface area is 423 Å². The number of methoxy groups -OCH3 is 1. The molecule has 3 aromatic heterocycles. The molecule has 0 bridgehead atoms. The molecule has 4 heterocycles. The minimum Gasteiger partial charge on any atom is -0.467 e. The molecule has 27 heteroatoms. The molecule has 1 fully saturated rings. The van der Waals surface area contributed by atoms with E-state index in [0.717, 1.165) is 49.7 Å². The van der Waals surface area contributed by atoms with Gasteiger partial charge in [-0.2, -0.15) is 18.2 Å². The maximum Gasteiger partial charge on any atom is 0.471 e. The molecule has 0 unspecified atom stereocenters. The number of nitrogens with zero attached hydrogens (tertiary/aromatic N) is 8. The van der Waals surface area contributed by atoms with E-state index in [4.69, 9.17) is 18.9 Å². The number of aliphatic hydroxyl groups is 1. The molecule has 24 nitrogen and oxygen atoms in total. The van der Waals surface area contributed by atoms with E-state index >= 15 is 0 Å². The van der Waals surface area contributed by atoms with Crippen LogP contribution >= 0.6 is 0 Å². The van der Waals surface area contributed by atoms with Crippen LogP contribution in [0.1, 0.15) is 87.5 Å². The first-order valence-electron chi connectivity index (χ1n) is 24.1. The van der Waals surface area contributed by atoms with E-state index in [1.807, 2.05) is 13.1 Å². The smallest absolute Gasteiger partial charge is 0.467 e. The average molecular weight is 1050 g/mol. The number of aromatic amines is 1. The largest absolute Gasteiger partial charge is 0.471 e. The zero-order chi connectivity index (χ0) is 53.8. The number of carbonyl (C=O) groups is 6. The Morgan fingerprint density at radius 1 is 0.932 bits per heavy atom. The summed E-state index contributed by atoms with van der Waals surface area (Å²) < 4.78 is 64.7. The molecule has 5 rings (SSSR count). The Morgan fingerprint density at radius 2 is 1.62 bits per heavy atom. The summed E-state index contributed by atoms with van der Waals surface area (Å²) in [7, 11) is 1.10. The third-order valence-corrected chi connectivity index (χ3v) is 11.4. The molecular formula is C47H63F3N12O12. The number of hydrogen-bond acceptors (Lipinski definition) is 17. The Morgan fingerprint density at radius 3 is 2.27 bits per heavy atom. The van der Waals surface area contributed by atoms with Crippen LogP contribution in [0, 0.1) is 5.92 Å². The lowest BCUT2D eigenvalue weighted by molar-refractivity contribution is -0.170. The first kappa shape index (κ1) is 57.9. The number of amides is 5. The highest BCUT2D eigenvalue weighted by atomic mass is 19.4. The summed E-state index contributed by atoms with van der Waals surface area (Å²) in [6.45, 7) is 7.99. The van der Waals surface area contributed by atoms with Crippen molar-refractivity contribution in [3.8, 4) is 0 Å². The number of likely N-dealkylation sites (tertiary alicyclic amines) is 1. The van der Waals surface area contributed by atoms with Gasteiger partial charge in [0.2, 0.25) is 23.7 Å². The number of rotatable bonds is 29. The molecule has 1 aliphatic rings. The number of anilines is 2. The van der Waals surface area contributed by atoms with E-state index < -0.39 is 65.9 Å². The third-order valence-electron chi connectivity index (χ3n) is 11.4. The quantitative estimate of drug-likeness (QED) is 0.0384. The first-order valence-corrected chi connectivity index (χ1v) is 24.1. The molecule has 1 aliphatic heterocycles. The first-order chi connectivity index (χ1) is 35.3. The molecule has 1 saturated heterocycles. The number of aromatic nitrogens is 7. The van der Waals surface area contributed by atoms with Crippen molar-refractivity contribution in [3.05, 3.63) is 64.0 Å². The van der Waals surface area contributed by atoms with Crippen molar-refractivity contribution < 1.29 is 66.0 Å². The molecule has 0 aliphatic carbocycles. The summed E-state index contributed by atoms with van der Waals surface area (Å²) in [5.74, 6) is -5.41. The molecule has 0 saturated carbocycles. The van der Waals surface area contributed by atoms with E-state index in [0.29, 0.717) is 89.7 Å². The number of ether oxygens (including phenoxy) is 4. The van der Waals surface area contributed by atoms with Crippen LogP contribution < -0.4 is 26.4 Å². The Hall–Kier alpha value is -6.97. The summed E-state index contributed by atoms with van der Waals surface area (Å²) in [6.07, 6.45) is 0.325. The van der Waals surface area contributed by atoms with E-state index in [1.54, 1.807) is 23.4 Å². The zero-order valence-corrected chi connectivity index (χ0v) is 41.7. The molecule has 0 spiro atoms. The number of esters is 1. The highest BCUT2D eigenvalue weighted by molar-refractivity contribution is 5.99. The molecule has 0 radical (unpaired) electrons. The van der Waals surface area contributed by atoms with Crippen molar-refractivity contribution in [2.24, 2.45) is 5.92 Å². The van der Waals surface area contributed by atoms with Crippen LogP contribution in [-0.4, -0.2) is 165 Å². The molecule has 5 amide bonds. The van der Waals surface area contributed by atoms with Crippen molar-refractivity contribution in [2.45, 2.75) is 110 Å². The highest BCUT2D eigenvalue weighted by Gasteiger charge is 2.43. The summed E-state index contributed by atoms with van der Waals surface area (Å²) >= 11 is 0. The fraction of sp³-hybridized carbons (Fsp3) is 0.574. The van der Waals surface area contributed by atoms with Crippen LogP contribution in [0.25, 0.3) is 11.2 Å². The van der Waals surface area contributed by atoms with Gasteiger partial charge in [0.1, 0.15) is 6.04 Å². The normalized spacial score (nSPS) is 15.0. The number of carbonyl (C=O) groups excluding carboxylic acids is 6. The van der Waals surface area contributed by atoms with Crippen molar-refractivity contribution in [1.29, 1.82) is 0 Å². The van der Waals surface area contributed by atoms with Gasteiger partial charge >= 0.3 is 18.1 Å². The average Bonchev–Trinajstić information content (AvgIpc) is 3.97. The maximum absolute atomic E-state index is 13.8. The number of halogens is 3. The van der Waals surface area contributed by atoms with Gasteiger partial charge in [-0.05, 0) is 69.7 Å². The second-order valence-electron chi connectivity index (χ2n) is 17.6. The highest BCUT2D eigenvalue weighted by Crippen LogP contribution is 2.26. The second-order valence-corrected chi connectivity index (χ2v) is 17.6. The van der Waals surface area contributed by atoms with E-state index in [9.17, 15) is 51.8 Å². The van der Waals surface area contributed by atoms with Crippen molar-refractivity contribution in [3.63, 3.8) is 0 Å². The van der Waals surface area contributed by atoms with Crippen LogP contribution in [0.2, 0.25) is 0 Å². The van der Waals surface area contributed by atoms with Crippen LogP contribution in [0.15, 0.2) is 41.5 Å². The molecule has 3 atom stereocenters. The zero-order valence-electron chi connectivity index (χ0n) is 41.7. The van der Waals surface area contributed by atoms with E-state index in [2.05, 4.69) is 46.2 Å². The van der Waals surface area contributed by atoms with E-state index in [1.165, 1.54) is 0 Å². The number of nitrogens with one attached hydrogen (secondary N) is 4. The van der Waals surface area contributed by atoms with Gasteiger partial charge in [0, 0.05) is 75.1 Å². The molecule has 4 aromatic rings.